The number of nitrogens with zero attached hydrogens (tertiary/aromatic N) is 2. The molecule has 0 radical (unpaired) electrons. The third-order valence-corrected chi connectivity index (χ3v) is 6.08. The quantitative estimate of drug-likeness (QED) is 0.359. The lowest BCUT2D eigenvalue weighted by Crippen LogP contribution is -2.14. The minimum atomic E-state index is 0.237. The summed E-state index contributed by atoms with van der Waals surface area (Å²) in [7, 11) is 1.61. The third kappa shape index (κ3) is 4.44. The van der Waals surface area contributed by atoms with E-state index in [9.17, 15) is 0 Å². The number of ether oxygens (including phenoxy) is 4. The number of nitrogens with one attached hydrogen (secondary N) is 1. The Labute approximate surface area is 202 Å². The smallest absolute Gasteiger partial charge is 0.189 e. The maximum absolute atomic E-state index is 6.28. The molecule has 0 aliphatic carbocycles. The number of benzene rings is 3. The lowest BCUT2D eigenvalue weighted by molar-refractivity contribution is -0.0176. The molecule has 3 aromatic carbocycles. The first-order valence-electron chi connectivity index (χ1n) is 10.8. The Balaban J connectivity index is 1.45. The number of hydrogen-bond donors (Lipinski definition) is 1. The average Bonchev–Trinajstić information content (AvgIpc) is 2.84. The minimum absolute atomic E-state index is 0.237. The van der Waals surface area contributed by atoms with Crippen molar-refractivity contribution in [3.8, 4) is 17.2 Å². The second kappa shape index (κ2) is 9.37. The first-order chi connectivity index (χ1) is 16.5. The highest BCUT2D eigenvalue weighted by Gasteiger charge is 2.18. The third-order valence-electron chi connectivity index (χ3n) is 5.67. The van der Waals surface area contributed by atoms with Gasteiger partial charge in [0.1, 0.15) is 24.5 Å². The van der Waals surface area contributed by atoms with E-state index in [1.165, 1.54) is 6.33 Å². The highest BCUT2D eigenvalue weighted by atomic mass is 35.5. The van der Waals surface area contributed by atoms with E-state index in [4.69, 9.17) is 30.5 Å². The first kappa shape index (κ1) is 22.3. The minimum Gasteiger partial charge on any atom is -0.493 e. The van der Waals surface area contributed by atoms with Crippen molar-refractivity contribution in [1.29, 1.82) is 0 Å². The Morgan fingerprint density at radius 1 is 1.06 bits per heavy atom. The van der Waals surface area contributed by atoms with Gasteiger partial charge in [-0.2, -0.15) is 0 Å². The molecule has 4 aromatic rings. The number of aromatic nitrogens is 2. The van der Waals surface area contributed by atoms with Gasteiger partial charge in [0, 0.05) is 33.3 Å². The Hall–Kier alpha value is -3.55. The van der Waals surface area contributed by atoms with E-state index in [0.717, 1.165) is 44.6 Å². The Kier molecular flexibility index (Phi) is 6.13. The van der Waals surface area contributed by atoms with E-state index < -0.39 is 0 Å². The van der Waals surface area contributed by atoms with Crippen molar-refractivity contribution < 1.29 is 18.9 Å². The Morgan fingerprint density at radius 3 is 2.76 bits per heavy atom. The number of fused-ring (bicyclic) bond motifs is 2. The predicted octanol–water partition coefficient (Wildman–Crippen LogP) is 6.10. The molecule has 5 rings (SSSR count). The zero-order valence-electron chi connectivity index (χ0n) is 19.1. The molecule has 0 atom stereocenters. The first-order valence-corrected chi connectivity index (χ1v) is 11.2. The van der Waals surface area contributed by atoms with Crippen molar-refractivity contribution in [2.45, 2.75) is 27.1 Å². The molecule has 0 spiro atoms. The van der Waals surface area contributed by atoms with Gasteiger partial charge in [0.15, 0.2) is 18.3 Å². The number of halogens is 1. The van der Waals surface area contributed by atoms with Crippen LogP contribution in [0.15, 0.2) is 48.8 Å². The van der Waals surface area contributed by atoms with E-state index in [1.54, 1.807) is 7.11 Å². The summed E-state index contributed by atoms with van der Waals surface area (Å²) in [4.78, 5) is 8.86. The zero-order valence-corrected chi connectivity index (χ0v) is 19.9. The average molecular weight is 478 g/mol. The topological polar surface area (TPSA) is 74.7 Å². The van der Waals surface area contributed by atoms with Crippen molar-refractivity contribution in [3.05, 3.63) is 76.1 Å². The molecule has 8 heteroatoms. The second-order valence-electron chi connectivity index (χ2n) is 8.14. The molecule has 7 nitrogen and oxygen atoms in total. The predicted molar refractivity (Wildman–Crippen MR) is 131 cm³/mol. The van der Waals surface area contributed by atoms with Crippen LogP contribution in [0.4, 0.5) is 11.5 Å². The van der Waals surface area contributed by atoms with Crippen LogP contribution >= 0.6 is 11.6 Å². The number of aryl methyl sites for hydroxylation is 2. The van der Waals surface area contributed by atoms with E-state index in [2.05, 4.69) is 27.4 Å². The van der Waals surface area contributed by atoms with Crippen LogP contribution in [0.5, 0.6) is 17.2 Å². The van der Waals surface area contributed by atoms with Gasteiger partial charge in [-0.1, -0.05) is 29.3 Å². The van der Waals surface area contributed by atoms with Crippen LogP contribution in [-0.2, 0) is 18.0 Å². The van der Waals surface area contributed by atoms with Gasteiger partial charge in [-0.25, -0.2) is 9.97 Å². The van der Waals surface area contributed by atoms with Gasteiger partial charge in [-0.15, -0.1) is 0 Å². The monoisotopic (exact) mass is 477 g/mol. The Morgan fingerprint density at radius 2 is 1.94 bits per heavy atom. The summed E-state index contributed by atoms with van der Waals surface area (Å²) in [5.74, 6) is 2.64. The summed E-state index contributed by atoms with van der Waals surface area (Å²) in [5.41, 5.74) is 5.68. The van der Waals surface area contributed by atoms with Gasteiger partial charge in [-0.3, -0.25) is 0 Å². The van der Waals surface area contributed by atoms with Crippen molar-refractivity contribution in [3.63, 3.8) is 0 Å². The number of methoxy groups -OCH3 is 1. The SMILES string of the molecule is COc1cc2c(Nc3ccc(C)c(Cl)c3)ncnc2cc1OCc1cc(C)cc2c1OCOC2. The molecule has 0 fully saturated rings. The summed E-state index contributed by atoms with van der Waals surface area (Å²) < 4.78 is 23.0. The molecule has 0 amide bonds. The molecule has 0 saturated heterocycles. The Bertz CT molecular complexity index is 1380. The lowest BCUT2D eigenvalue weighted by Gasteiger charge is -2.22. The molecular weight excluding hydrogens is 454 g/mol. The largest absolute Gasteiger partial charge is 0.493 e. The summed E-state index contributed by atoms with van der Waals surface area (Å²) in [6, 6.07) is 13.7. The maximum atomic E-state index is 6.28. The van der Waals surface area contributed by atoms with Crippen LogP contribution in [0.25, 0.3) is 10.9 Å². The van der Waals surface area contributed by atoms with Crippen LogP contribution in [-0.4, -0.2) is 23.9 Å². The van der Waals surface area contributed by atoms with Crippen molar-refractivity contribution in [2.75, 3.05) is 19.2 Å². The van der Waals surface area contributed by atoms with Gasteiger partial charge in [0.05, 0.1) is 19.2 Å². The molecular formula is C26H24ClN3O4. The maximum Gasteiger partial charge on any atom is 0.189 e. The molecule has 174 valence electrons. The number of hydrogen-bond acceptors (Lipinski definition) is 7. The summed E-state index contributed by atoms with van der Waals surface area (Å²) in [6.45, 7) is 5.10. The van der Waals surface area contributed by atoms with Crippen LogP contribution in [0, 0.1) is 13.8 Å². The molecule has 0 saturated carbocycles. The molecule has 1 aliphatic rings. The van der Waals surface area contributed by atoms with Gasteiger partial charge in [0.25, 0.3) is 0 Å². The number of rotatable bonds is 6. The highest BCUT2D eigenvalue weighted by Crippen LogP contribution is 2.37. The summed E-state index contributed by atoms with van der Waals surface area (Å²) >= 11 is 6.28. The normalized spacial score (nSPS) is 12.7. The van der Waals surface area contributed by atoms with Crippen LogP contribution in [0.2, 0.25) is 5.02 Å². The van der Waals surface area contributed by atoms with Crippen LogP contribution in [0.1, 0.15) is 22.3 Å². The molecule has 1 aliphatic heterocycles. The van der Waals surface area contributed by atoms with Crippen LogP contribution < -0.4 is 19.5 Å². The molecule has 1 N–H and O–H groups in total. The zero-order chi connectivity index (χ0) is 23.7. The fourth-order valence-electron chi connectivity index (χ4n) is 3.98. The standard InChI is InChI=1S/C26H24ClN3O4/c1-15-6-17-11-32-14-34-25(17)18(7-15)12-33-24-10-22-20(9-23(24)31-3)26(29-13-28-22)30-19-5-4-16(2)21(27)8-19/h4-10,13H,11-12,14H2,1-3H3,(H,28,29,30). The molecule has 1 aromatic heterocycles. The summed E-state index contributed by atoms with van der Waals surface area (Å²) in [6.07, 6.45) is 1.52. The highest BCUT2D eigenvalue weighted by molar-refractivity contribution is 6.31. The fourth-order valence-corrected chi connectivity index (χ4v) is 4.16. The van der Waals surface area contributed by atoms with Gasteiger partial charge >= 0.3 is 0 Å². The summed E-state index contributed by atoms with van der Waals surface area (Å²) in [5, 5.41) is 4.81. The van der Waals surface area contributed by atoms with Crippen LogP contribution in [0.3, 0.4) is 0 Å². The van der Waals surface area contributed by atoms with Gasteiger partial charge < -0.3 is 24.3 Å². The molecule has 0 bridgehead atoms. The van der Waals surface area contributed by atoms with E-state index >= 15 is 0 Å². The van der Waals surface area contributed by atoms with Gasteiger partial charge in [-0.05, 0) is 43.7 Å². The van der Waals surface area contributed by atoms with Crippen molar-refractivity contribution in [1.82, 2.24) is 9.97 Å². The number of anilines is 2. The van der Waals surface area contributed by atoms with Gasteiger partial charge in [0.2, 0.25) is 0 Å². The lowest BCUT2D eigenvalue weighted by atomic mass is 10.0. The fraction of sp³-hybridized carbons (Fsp3) is 0.231. The second-order valence-corrected chi connectivity index (χ2v) is 8.55. The van der Waals surface area contributed by atoms with Crippen molar-refractivity contribution >= 4 is 34.0 Å². The van der Waals surface area contributed by atoms with E-state index in [0.29, 0.717) is 35.6 Å². The molecule has 2 heterocycles. The molecule has 34 heavy (non-hydrogen) atoms. The van der Waals surface area contributed by atoms with Crippen molar-refractivity contribution in [2.24, 2.45) is 0 Å². The van der Waals surface area contributed by atoms with E-state index in [1.807, 2.05) is 44.2 Å². The van der Waals surface area contributed by atoms with E-state index in [-0.39, 0.29) is 6.79 Å². The molecule has 0 unspecified atom stereocenters.